The van der Waals surface area contributed by atoms with Gasteiger partial charge in [-0.3, -0.25) is 15.0 Å². The Morgan fingerprint density at radius 2 is 1.58 bits per heavy atom. The van der Waals surface area contributed by atoms with Crippen LogP contribution in [0.1, 0.15) is 25.0 Å². The molecule has 166 valence electrons. The molecule has 0 heterocycles. The highest BCUT2D eigenvalue weighted by Crippen LogP contribution is 2.12. The summed E-state index contributed by atoms with van der Waals surface area (Å²) in [5.41, 5.74) is 3.56. The Labute approximate surface area is 180 Å². The average Bonchev–Trinajstić information content (AvgIpc) is 2.76. The fourth-order valence-corrected chi connectivity index (χ4v) is 2.87. The smallest absolute Gasteiger partial charge is 0.408 e. The van der Waals surface area contributed by atoms with Crippen molar-refractivity contribution >= 4 is 17.9 Å². The van der Waals surface area contributed by atoms with Crippen molar-refractivity contribution in [3.8, 4) is 5.75 Å². The highest BCUT2D eigenvalue weighted by Gasteiger charge is 2.29. The molecule has 0 saturated carbocycles. The zero-order valence-corrected chi connectivity index (χ0v) is 17.5. The molecule has 0 saturated heterocycles. The molecule has 2 rings (SSSR count). The molecular formula is C22H28N4O5. The molecule has 0 aliphatic rings. The lowest BCUT2D eigenvalue weighted by Gasteiger charge is -2.24. The number of alkyl carbamates (subject to hydrolysis) is 1. The first-order valence-electron chi connectivity index (χ1n) is 9.86. The molecule has 0 aliphatic carbocycles. The van der Waals surface area contributed by atoms with Crippen LogP contribution in [-0.4, -0.2) is 35.1 Å². The highest BCUT2D eigenvalue weighted by molar-refractivity contribution is 5.91. The minimum Gasteiger partial charge on any atom is -0.508 e. The summed E-state index contributed by atoms with van der Waals surface area (Å²) in [6.07, 6.45) is -0.589. The van der Waals surface area contributed by atoms with Crippen LogP contribution in [0.3, 0.4) is 0 Å². The fraction of sp³-hybridized carbons (Fsp3) is 0.318. The van der Waals surface area contributed by atoms with Crippen molar-refractivity contribution in [2.45, 2.75) is 39.0 Å². The number of aromatic hydroxyl groups is 1. The number of hydrogen-bond donors (Lipinski definition) is 5. The molecule has 0 radical (unpaired) electrons. The normalized spacial score (nSPS) is 12.5. The van der Waals surface area contributed by atoms with Gasteiger partial charge in [0.05, 0.1) is 0 Å². The third-order valence-electron chi connectivity index (χ3n) is 4.59. The Hall–Kier alpha value is -3.59. The summed E-state index contributed by atoms with van der Waals surface area (Å²) < 4.78 is 5.19. The van der Waals surface area contributed by atoms with Crippen LogP contribution >= 0.6 is 0 Å². The second-order valence-corrected chi connectivity index (χ2v) is 7.37. The molecule has 9 heteroatoms. The maximum absolute atomic E-state index is 12.8. The fourth-order valence-electron chi connectivity index (χ4n) is 2.87. The third-order valence-corrected chi connectivity index (χ3v) is 4.59. The van der Waals surface area contributed by atoms with Crippen molar-refractivity contribution in [2.24, 2.45) is 11.8 Å². The molecule has 2 unspecified atom stereocenters. The van der Waals surface area contributed by atoms with Gasteiger partial charge in [0, 0.05) is 6.42 Å². The maximum Gasteiger partial charge on any atom is 0.408 e. The quantitative estimate of drug-likeness (QED) is 0.232. The van der Waals surface area contributed by atoms with Gasteiger partial charge in [-0.25, -0.2) is 10.6 Å². The second-order valence-electron chi connectivity index (χ2n) is 7.37. The molecular weight excluding hydrogens is 400 g/mol. The standard InChI is InChI=1S/C22H28N4O5/c1-14(2)19(25-22(30)31-13-16-6-4-3-5-7-16)21(29)24-18(20(28)26-23)12-15-8-10-17(27)11-9-15/h3-11,14,18-19,27H,12-13,23H2,1-2H3,(H,24,29)(H,25,30)(H,26,28). The van der Waals surface area contributed by atoms with Crippen molar-refractivity contribution in [1.29, 1.82) is 0 Å². The Kier molecular flexibility index (Phi) is 8.83. The monoisotopic (exact) mass is 428 g/mol. The zero-order chi connectivity index (χ0) is 22.8. The van der Waals surface area contributed by atoms with Gasteiger partial charge in [-0.2, -0.15) is 0 Å². The molecule has 31 heavy (non-hydrogen) atoms. The van der Waals surface area contributed by atoms with E-state index in [9.17, 15) is 19.5 Å². The molecule has 0 fully saturated rings. The van der Waals surface area contributed by atoms with E-state index < -0.39 is 30.0 Å². The predicted molar refractivity (Wildman–Crippen MR) is 114 cm³/mol. The van der Waals surface area contributed by atoms with Crippen LogP contribution in [0.5, 0.6) is 5.75 Å². The molecule has 2 aromatic rings. The van der Waals surface area contributed by atoms with E-state index in [0.717, 1.165) is 5.56 Å². The number of nitrogens with two attached hydrogens (primary N) is 1. The topological polar surface area (TPSA) is 143 Å². The lowest BCUT2D eigenvalue weighted by Crippen LogP contribution is -2.56. The van der Waals surface area contributed by atoms with Gasteiger partial charge in [-0.15, -0.1) is 0 Å². The number of hydrazine groups is 1. The lowest BCUT2D eigenvalue weighted by molar-refractivity contribution is -0.130. The van der Waals surface area contributed by atoms with Gasteiger partial charge >= 0.3 is 6.09 Å². The summed E-state index contributed by atoms with van der Waals surface area (Å²) in [6.45, 7) is 3.59. The SMILES string of the molecule is CC(C)C(NC(=O)OCc1ccccc1)C(=O)NC(Cc1ccc(O)cc1)C(=O)NN. The molecule has 9 nitrogen and oxygen atoms in total. The van der Waals surface area contributed by atoms with Crippen molar-refractivity contribution in [2.75, 3.05) is 0 Å². The van der Waals surface area contributed by atoms with Crippen LogP contribution in [0.25, 0.3) is 0 Å². The zero-order valence-electron chi connectivity index (χ0n) is 17.5. The van der Waals surface area contributed by atoms with E-state index in [4.69, 9.17) is 10.6 Å². The first-order chi connectivity index (χ1) is 14.8. The number of rotatable bonds is 9. The van der Waals surface area contributed by atoms with Crippen molar-refractivity contribution in [1.82, 2.24) is 16.1 Å². The molecule has 0 aromatic heterocycles. The number of ether oxygens (including phenoxy) is 1. The van der Waals surface area contributed by atoms with Crippen LogP contribution in [0.2, 0.25) is 0 Å². The average molecular weight is 428 g/mol. The van der Waals surface area contributed by atoms with Gasteiger partial charge in [0.25, 0.3) is 5.91 Å². The minimum atomic E-state index is -0.967. The van der Waals surface area contributed by atoms with Crippen LogP contribution < -0.4 is 21.9 Å². The molecule has 0 aliphatic heterocycles. The van der Waals surface area contributed by atoms with Gasteiger partial charge in [0.15, 0.2) is 0 Å². The highest BCUT2D eigenvalue weighted by atomic mass is 16.5. The molecule has 2 aromatic carbocycles. The van der Waals surface area contributed by atoms with Gasteiger partial charge in [-0.1, -0.05) is 56.3 Å². The van der Waals surface area contributed by atoms with E-state index >= 15 is 0 Å². The molecule has 6 N–H and O–H groups in total. The minimum absolute atomic E-state index is 0.0676. The summed E-state index contributed by atoms with van der Waals surface area (Å²) >= 11 is 0. The summed E-state index contributed by atoms with van der Waals surface area (Å²) in [6, 6.07) is 13.5. The third kappa shape index (κ3) is 7.63. The number of amides is 3. The van der Waals surface area contributed by atoms with E-state index in [2.05, 4.69) is 10.6 Å². The largest absolute Gasteiger partial charge is 0.508 e. The van der Waals surface area contributed by atoms with Crippen LogP contribution in [0.15, 0.2) is 54.6 Å². The number of phenols is 1. The Morgan fingerprint density at radius 3 is 2.16 bits per heavy atom. The van der Waals surface area contributed by atoms with E-state index in [1.165, 1.54) is 12.1 Å². The van der Waals surface area contributed by atoms with Crippen LogP contribution in [-0.2, 0) is 27.4 Å². The number of hydrogen-bond acceptors (Lipinski definition) is 6. The summed E-state index contributed by atoms with van der Waals surface area (Å²) in [5.74, 6) is 3.95. The lowest BCUT2D eigenvalue weighted by atomic mass is 10.0. The molecule has 0 spiro atoms. The molecule has 3 amide bonds. The Balaban J connectivity index is 2.00. The summed E-state index contributed by atoms with van der Waals surface area (Å²) in [4.78, 5) is 37.2. The first-order valence-corrected chi connectivity index (χ1v) is 9.86. The van der Waals surface area contributed by atoms with Crippen molar-refractivity contribution < 1.29 is 24.2 Å². The number of carbonyl (C=O) groups is 3. The van der Waals surface area contributed by atoms with Gasteiger partial charge < -0.3 is 20.5 Å². The van der Waals surface area contributed by atoms with Crippen LogP contribution in [0.4, 0.5) is 4.79 Å². The van der Waals surface area contributed by atoms with Crippen molar-refractivity contribution in [3.63, 3.8) is 0 Å². The molecule has 0 bridgehead atoms. The van der Waals surface area contributed by atoms with Gasteiger partial charge in [-0.05, 0) is 29.2 Å². The number of phenolic OH excluding ortho intramolecular Hbond substituents is 1. The molecule has 2 atom stereocenters. The van der Waals surface area contributed by atoms with Gasteiger partial charge in [0.1, 0.15) is 24.4 Å². The Bertz CT molecular complexity index is 871. The van der Waals surface area contributed by atoms with E-state index in [1.807, 2.05) is 35.8 Å². The first kappa shape index (κ1) is 23.7. The maximum atomic E-state index is 12.8. The van der Waals surface area contributed by atoms with E-state index in [-0.39, 0.29) is 24.7 Å². The van der Waals surface area contributed by atoms with E-state index in [0.29, 0.717) is 5.56 Å². The summed E-state index contributed by atoms with van der Waals surface area (Å²) in [7, 11) is 0. The predicted octanol–water partition coefficient (Wildman–Crippen LogP) is 1.36. The number of nitrogens with one attached hydrogen (secondary N) is 3. The number of benzene rings is 2. The van der Waals surface area contributed by atoms with Gasteiger partial charge in [0.2, 0.25) is 5.91 Å². The van der Waals surface area contributed by atoms with Crippen molar-refractivity contribution in [3.05, 3.63) is 65.7 Å². The van der Waals surface area contributed by atoms with E-state index in [1.54, 1.807) is 26.0 Å². The second kappa shape index (κ2) is 11.6. The summed E-state index contributed by atoms with van der Waals surface area (Å²) in [5, 5.41) is 14.6. The number of carbonyl (C=O) groups excluding carboxylic acids is 3. The van der Waals surface area contributed by atoms with Crippen LogP contribution in [0, 0.1) is 5.92 Å². The Morgan fingerprint density at radius 1 is 0.935 bits per heavy atom.